The van der Waals surface area contributed by atoms with Gasteiger partial charge in [-0.25, -0.2) is 9.78 Å². The van der Waals surface area contributed by atoms with Crippen molar-refractivity contribution in [2.24, 2.45) is 0 Å². The van der Waals surface area contributed by atoms with Crippen LogP contribution >= 0.6 is 0 Å². The molecule has 2 aromatic heterocycles. The minimum atomic E-state index is -0.358. The molecule has 116 valence electrons. The van der Waals surface area contributed by atoms with Gasteiger partial charge in [-0.15, -0.1) is 0 Å². The van der Waals surface area contributed by atoms with Crippen LogP contribution in [0.3, 0.4) is 0 Å². The number of aromatic amines is 1. The molecule has 21 heavy (non-hydrogen) atoms. The molecule has 0 spiro atoms. The number of esters is 1. The highest BCUT2D eigenvalue weighted by Gasteiger charge is 2.16. The summed E-state index contributed by atoms with van der Waals surface area (Å²) in [5, 5.41) is 0.969. The van der Waals surface area contributed by atoms with Crippen LogP contribution in [0.15, 0.2) is 12.3 Å². The summed E-state index contributed by atoms with van der Waals surface area (Å²) in [6.07, 6.45) is 3.73. The van der Waals surface area contributed by atoms with Crippen LogP contribution in [0, 0.1) is 0 Å². The average Bonchev–Trinajstić information content (AvgIpc) is 2.96. The fourth-order valence-corrected chi connectivity index (χ4v) is 2.09. The Bertz CT molecular complexity index is 590. The van der Waals surface area contributed by atoms with Gasteiger partial charge in [0.25, 0.3) is 0 Å². The lowest BCUT2D eigenvalue weighted by molar-refractivity contribution is 0.0520. The predicted molar refractivity (Wildman–Crippen MR) is 83.9 cm³/mol. The van der Waals surface area contributed by atoms with E-state index in [1.165, 1.54) is 0 Å². The zero-order chi connectivity index (χ0) is 15.8. The summed E-state index contributed by atoms with van der Waals surface area (Å²) < 4.78 is 10.2. The van der Waals surface area contributed by atoms with Crippen LogP contribution in [0.5, 0.6) is 5.88 Å². The van der Waals surface area contributed by atoms with Crippen LogP contribution in [-0.2, 0) is 11.2 Å². The summed E-state index contributed by atoms with van der Waals surface area (Å²) in [6, 6.07) is 1.81. The molecule has 2 heterocycles. The summed E-state index contributed by atoms with van der Waals surface area (Å²) in [5.41, 5.74) is 2.28. The standard InChI is InChI=1S/C14H18N2O3.C2H6/c1-4-6-9-8-15-13(18-3)12-10(9)7-11(16-12)14(17)19-5-2;1-2/h7-8,16H,4-6H2,1-3H3;1-2H3. The van der Waals surface area contributed by atoms with Crippen molar-refractivity contribution in [1.29, 1.82) is 0 Å². The van der Waals surface area contributed by atoms with Crippen molar-refractivity contribution < 1.29 is 14.3 Å². The number of rotatable bonds is 5. The van der Waals surface area contributed by atoms with E-state index in [-0.39, 0.29) is 5.97 Å². The summed E-state index contributed by atoms with van der Waals surface area (Å²) in [7, 11) is 1.56. The second kappa shape index (κ2) is 8.29. The van der Waals surface area contributed by atoms with E-state index in [4.69, 9.17) is 9.47 Å². The molecule has 1 N–H and O–H groups in total. The third-order valence-corrected chi connectivity index (χ3v) is 2.92. The summed E-state index contributed by atoms with van der Waals surface area (Å²) in [6.45, 7) is 8.24. The topological polar surface area (TPSA) is 64.2 Å². The predicted octanol–water partition coefficient (Wildman–Crippen LogP) is 3.73. The van der Waals surface area contributed by atoms with Crippen molar-refractivity contribution in [3.05, 3.63) is 23.5 Å². The molecule has 0 fully saturated rings. The first-order valence-corrected chi connectivity index (χ1v) is 7.42. The SMILES string of the molecule is CC.CCCc1cnc(OC)c2[nH]c(C(=O)OCC)cc12. The Balaban J connectivity index is 0.00000106. The van der Waals surface area contributed by atoms with Crippen LogP contribution in [0.4, 0.5) is 0 Å². The Kier molecular flexibility index (Phi) is 6.72. The highest BCUT2D eigenvalue weighted by atomic mass is 16.5. The van der Waals surface area contributed by atoms with E-state index < -0.39 is 0 Å². The average molecular weight is 292 g/mol. The Morgan fingerprint density at radius 2 is 2.05 bits per heavy atom. The molecule has 0 aliphatic rings. The molecule has 2 aromatic rings. The van der Waals surface area contributed by atoms with Gasteiger partial charge in [-0.05, 0) is 25.0 Å². The highest BCUT2D eigenvalue weighted by Crippen LogP contribution is 2.27. The second-order valence-electron chi connectivity index (χ2n) is 4.23. The number of carbonyl (C=O) groups is 1. The van der Waals surface area contributed by atoms with Gasteiger partial charge in [-0.1, -0.05) is 27.2 Å². The molecule has 5 heteroatoms. The molecule has 0 aliphatic heterocycles. The molecule has 0 radical (unpaired) electrons. The third-order valence-electron chi connectivity index (χ3n) is 2.92. The zero-order valence-electron chi connectivity index (χ0n) is 13.4. The number of hydrogen-bond acceptors (Lipinski definition) is 4. The maximum absolute atomic E-state index is 11.8. The quantitative estimate of drug-likeness (QED) is 0.853. The minimum absolute atomic E-state index is 0.353. The molecule has 0 bridgehead atoms. The van der Waals surface area contributed by atoms with Crippen molar-refractivity contribution >= 4 is 16.9 Å². The zero-order valence-corrected chi connectivity index (χ0v) is 13.4. The Labute approximate surface area is 125 Å². The van der Waals surface area contributed by atoms with Crippen molar-refractivity contribution in [1.82, 2.24) is 9.97 Å². The lowest BCUT2D eigenvalue weighted by Crippen LogP contribution is -2.04. The number of pyridine rings is 1. The second-order valence-corrected chi connectivity index (χ2v) is 4.23. The Morgan fingerprint density at radius 1 is 1.33 bits per heavy atom. The molecule has 0 aliphatic carbocycles. The maximum atomic E-state index is 11.8. The van der Waals surface area contributed by atoms with Gasteiger partial charge in [0.1, 0.15) is 11.2 Å². The summed E-state index contributed by atoms with van der Waals surface area (Å²) in [5.74, 6) is 0.133. The molecular weight excluding hydrogens is 268 g/mol. The van der Waals surface area contributed by atoms with E-state index in [1.54, 1.807) is 20.2 Å². The molecule has 5 nitrogen and oxygen atoms in total. The van der Waals surface area contributed by atoms with E-state index in [9.17, 15) is 4.79 Å². The first-order chi connectivity index (χ1) is 10.2. The molecular formula is C16H24N2O3. The number of aromatic nitrogens is 2. The fraction of sp³-hybridized carbons (Fsp3) is 0.500. The number of carbonyl (C=O) groups excluding carboxylic acids is 1. The highest BCUT2D eigenvalue weighted by molar-refractivity contribution is 5.97. The number of nitrogens with one attached hydrogen (secondary N) is 1. The first-order valence-electron chi connectivity index (χ1n) is 7.42. The van der Waals surface area contributed by atoms with Gasteiger partial charge in [0.05, 0.1) is 13.7 Å². The van der Waals surface area contributed by atoms with E-state index in [0.717, 1.165) is 29.3 Å². The van der Waals surface area contributed by atoms with E-state index >= 15 is 0 Å². The van der Waals surface area contributed by atoms with Gasteiger partial charge in [0.2, 0.25) is 5.88 Å². The number of nitrogens with zero attached hydrogens (tertiary/aromatic N) is 1. The number of methoxy groups -OCH3 is 1. The Hall–Kier alpha value is -2.04. The summed E-state index contributed by atoms with van der Waals surface area (Å²) >= 11 is 0. The van der Waals surface area contributed by atoms with Crippen LogP contribution in [0.25, 0.3) is 10.9 Å². The number of hydrogen-bond donors (Lipinski definition) is 1. The number of aryl methyl sites for hydroxylation is 1. The smallest absolute Gasteiger partial charge is 0.354 e. The largest absolute Gasteiger partial charge is 0.479 e. The lowest BCUT2D eigenvalue weighted by Gasteiger charge is -2.04. The monoisotopic (exact) mass is 292 g/mol. The maximum Gasteiger partial charge on any atom is 0.354 e. The van der Waals surface area contributed by atoms with E-state index in [0.29, 0.717) is 18.2 Å². The van der Waals surface area contributed by atoms with Gasteiger partial charge in [-0.3, -0.25) is 0 Å². The molecule has 0 atom stereocenters. The van der Waals surface area contributed by atoms with Crippen molar-refractivity contribution in [2.45, 2.75) is 40.5 Å². The van der Waals surface area contributed by atoms with Gasteiger partial charge in [-0.2, -0.15) is 0 Å². The van der Waals surface area contributed by atoms with Crippen LogP contribution < -0.4 is 4.74 Å². The fourth-order valence-electron chi connectivity index (χ4n) is 2.09. The first kappa shape index (κ1) is 17.0. The van der Waals surface area contributed by atoms with Gasteiger partial charge in [0.15, 0.2) is 0 Å². The van der Waals surface area contributed by atoms with Gasteiger partial charge < -0.3 is 14.5 Å². The normalized spacial score (nSPS) is 9.95. The van der Waals surface area contributed by atoms with Crippen molar-refractivity contribution in [3.8, 4) is 5.88 Å². The van der Waals surface area contributed by atoms with Gasteiger partial charge in [0, 0.05) is 11.6 Å². The van der Waals surface area contributed by atoms with E-state index in [2.05, 4.69) is 16.9 Å². The molecule has 0 saturated carbocycles. The molecule has 2 rings (SSSR count). The lowest BCUT2D eigenvalue weighted by atomic mass is 10.1. The minimum Gasteiger partial charge on any atom is -0.479 e. The van der Waals surface area contributed by atoms with Crippen molar-refractivity contribution in [3.63, 3.8) is 0 Å². The third kappa shape index (κ3) is 3.74. The summed E-state index contributed by atoms with van der Waals surface area (Å²) in [4.78, 5) is 19.1. The van der Waals surface area contributed by atoms with Crippen LogP contribution in [-0.4, -0.2) is 29.7 Å². The Morgan fingerprint density at radius 3 is 2.62 bits per heavy atom. The molecule has 0 aromatic carbocycles. The number of fused-ring (bicyclic) bond motifs is 1. The number of H-pyrrole nitrogens is 1. The molecule has 0 amide bonds. The van der Waals surface area contributed by atoms with Crippen LogP contribution in [0.1, 0.15) is 50.2 Å². The van der Waals surface area contributed by atoms with E-state index in [1.807, 2.05) is 19.9 Å². The van der Waals surface area contributed by atoms with Crippen molar-refractivity contribution in [2.75, 3.05) is 13.7 Å². The van der Waals surface area contributed by atoms with Crippen LogP contribution in [0.2, 0.25) is 0 Å². The number of ether oxygens (including phenoxy) is 2. The van der Waals surface area contributed by atoms with Gasteiger partial charge >= 0.3 is 5.97 Å². The molecule has 0 saturated heterocycles. The molecule has 0 unspecified atom stereocenters.